The Morgan fingerprint density at radius 2 is 2.03 bits per heavy atom. The lowest BCUT2D eigenvalue weighted by Crippen LogP contribution is -2.17. The molecule has 4 aromatic rings. The second kappa shape index (κ2) is 8.24. The molecule has 31 heavy (non-hydrogen) atoms. The Labute approximate surface area is 183 Å². The van der Waals surface area contributed by atoms with Crippen LogP contribution in [0.3, 0.4) is 0 Å². The van der Waals surface area contributed by atoms with Gasteiger partial charge in [0.15, 0.2) is 10.8 Å². The van der Waals surface area contributed by atoms with E-state index in [9.17, 15) is 19.7 Å². The molecule has 3 aromatic heterocycles. The Balaban J connectivity index is 1.55. The normalized spacial score (nSPS) is 10.9. The Hall–Kier alpha value is -3.64. The van der Waals surface area contributed by atoms with E-state index >= 15 is 0 Å². The predicted octanol–water partition coefficient (Wildman–Crippen LogP) is 3.85. The van der Waals surface area contributed by atoms with Gasteiger partial charge in [0.2, 0.25) is 5.91 Å². The maximum absolute atomic E-state index is 12.7. The van der Waals surface area contributed by atoms with Crippen LogP contribution in [0.15, 0.2) is 30.3 Å². The molecular weight excluding hydrogens is 440 g/mol. The minimum absolute atomic E-state index is 0.0572. The molecule has 2 amide bonds. The van der Waals surface area contributed by atoms with E-state index in [4.69, 9.17) is 0 Å². The summed E-state index contributed by atoms with van der Waals surface area (Å²) in [5.41, 5.74) is 1.21. The van der Waals surface area contributed by atoms with Gasteiger partial charge in [-0.3, -0.25) is 30.1 Å². The van der Waals surface area contributed by atoms with Crippen molar-refractivity contribution >= 4 is 56.2 Å². The van der Waals surface area contributed by atoms with Gasteiger partial charge in [-0.1, -0.05) is 0 Å². The van der Waals surface area contributed by atoms with Crippen LogP contribution < -0.4 is 10.6 Å². The van der Waals surface area contributed by atoms with E-state index in [1.165, 1.54) is 47.8 Å². The zero-order valence-corrected chi connectivity index (χ0v) is 18.0. The van der Waals surface area contributed by atoms with Crippen LogP contribution in [0.4, 0.5) is 10.8 Å². The standard InChI is InChI=1S/C19H16N6O4S2/c1-9-16(15-6-4-12(31-15)8-20-10(2)26)21-19(30-9)22-18(27)17-13-7-11(25(28)29)3-5-14(13)23-24-17/h3-7H,8H2,1-2H3,(H,20,26)(H,23,24)(H,21,22,27). The third-order valence-electron chi connectivity index (χ3n) is 4.40. The van der Waals surface area contributed by atoms with E-state index in [0.29, 0.717) is 22.6 Å². The molecule has 10 nitrogen and oxygen atoms in total. The van der Waals surface area contributed by atoms with Crippen LogP contribution in [-0.4, -0.2) is 31.9 Å². The van der Waals surface area contributed by atoms with Gasteiger partial charge in [0.05, 0.1) is 27.6 Å². The number of carbonyl (C=O) groups excluding carboxylic acids is 2. The minimum atomic E-state index is -0.522. The second-order valence-corrected chi connectivity index (χ2v) is 8.98. The molecule has 12 heteroatoms. The fourth-order valence-corrected chi connectivity index (χ4v) is 4.82. The predicted molar refractivity (Wildman–Crippen MR) is 118 cm³/mol. The zero-order chi connectivity index (χ0) is 22.1. The molecule has 0 unspecified atom stereocenters. The highest BCUT2D eigenvalue weighted by molar-refractivity contribution is 7.18. The average Bonchev–Trinajstić information content (AvgIpc) is 3.43. The molecule has 1 aromatic carbocycles. The van der Waals surface area contributed by atoms with Crippen molar-refractivity contribution < 1.29 is 14.5 Å². The summed E-state index contributed by atoms with van der Waals surface area (Å²) in [4.78, 5) is 41.7. The maximum Gasteiger partial charge on any atom is 0.278 e. The van der Waals surface area contributed by atoms with E-state index in [1.54, 1.807) is 0 Å². The van der Waals surface area contributed by atoms with Crippen molar-refractivity contribution in [3.05, 3.63) is 55.9 Å². The average molecular weight is 457 g/mol. The van der Waals surface area contributed by atoms with Crippen LogP contribution in [0.25, 0.3) is 21.5 Å². The number of amides is 2. The van der Waals surface area contributed by atoms with Crippen molar-refractivity contribution in [3.8, 4) is 10.6 Å². The molecule has 0 spiro atoms. The number of nitro groups is 1. The third kappa shape index (κ3) is 4.29. The highest BCUT2D eigenvalue weighted by atomic mass is 32.1. The highest BCUT2D eigenvalue weighted by Crippen LogP contribution is 2.35. The fourth-order valence-electron chi connectivity index (χ4n) is 2.94. The first-order valence-electron chi connectivity index (χ1n) is 9.06. The zero-order valence-electron chi connectivity index (χ0n) is 16.4. The Morgan fingerprint density at radius 3 is 2.77 bits per heavy atom. The van der Waals surface area contributed by atoms with Gasteiger partial charge in [-0.2, -0.15) is 5.10 Å². The SMILES string of the molecule is CC(=O)NCc1ccc(-c2nc(NC(=O)c3n[nH]c4ccc([N+](=O)[O-])cc34)sc2C)s1. The van der Waals surface area contributed by atoms with E-state index < -0.39 is 10.8 Å². The van der Waals surface area contributed by atoms with Crippen molar-refractivity contribution in [3.63, 3.8) is 0 Å². The molecule has 0 fully saturated rings. The number of rotatable bonds is 6. The van der Waals surface area contributed by atoms with Crippen LogP contribution in [0.1, 0.15) is 27.2 Å². The summed E-state index contributed by atoms with van der Waals surface area (Å²) in [6.45, 7) is 3.82. The van der Waals surface area contributed by atoms with Gasteiger partial charge in [-0.05, 0) is 25.1 Å². The number of nitro benzene ring substituents is 1. The number of nitrogens with zero attached hydrogens (tertiary/aromatic N) is 3. The number of H-pyrrole nitrogens is 1. The number of aromatic nitrogens is 3. The summed E-state index contributed by atoms with van der Waals surface area (Å²) < 4.78 is 0. The first kappa shape index (κ1) is 20.6. The molecule has 3 heterocycles. The number of nitrogens with one attached hydrogen (secondary N) is 3. The molecule has 0 aliphatic carbocycles. The molecule has 0 atom stereocenters. The summed E-state index contributed by atoms with van der Waals surface area (Å²) in [6, 6.07) is 8.03. The molecule has 0 bridgehead atoms. The largest absolute Gasteiger partial charge is 0.351 e. The lowest BCUT2D eigenvalue weighted by molar-refractivity contribution is -0.384. The third-order valence-corrected chi connectivity index (χ3v) is 6.37. The number of hydrogen-bond acceptors (Lipinski definition) is 8. The number of fused-ring (bicyclic) bond motifs is 1. The molecule has 0 saturated carbocycles. The van der Waals surface area contributed by atoms with Gasteiger partial charge in [0, 0.05) is 34.2 Å². The van der Waals surface area contributed by atoms with Crippen LogP contribution in [0.5, 0.6) is 0 Å². The number of benzene rings is 1. The number of non-ortho nitro benzene ring substituents is 1. The van der Waals surface area contributed by atoms with Crippen molar-refractivity contribution in [2.75, 3.05) is 5.32 Å². The van der Waals surface area contributed by atoms with Gasteiger partial charge in [-0.25, -0.2) is 4.98 Å². The number of hydrogen-bond donors (Lipinski definition) is 3. The van der Waals surface area contributed by atoms with E-state index in [2.05, 4.69) is 25.8 Å². The van der Waals surface area contributed by atoms with Crippen molar-refractivity contribution in [1.29, 1.82) is 0 Å². The lowest BCUT2D eigenvalue weighted by atomic mass is 10.2. The molecule has 3 N–H and O–H groups in total. The summed E-state index contributed by atoms with van der Waals surface area (Å²) >= 11 is 2.84. The van der Waals surface area contributed by atoms with E-state index in [1.807, 2.05) is 19.1 Å². The van der Waals surface area contributed by atoms with Crippen LogP contribution in [-0.2, 0) is 11.3 Å². The lowest BCUT2D eigenvalue weighted by Gasteiger charge is -1.99. The van der Waals surface area contributed by atoms with Gasteiger partial charge >= 0.3 is 0 Å². The fraction of sp³-hybridized carbons (Fsp3) is 0.158. The summed E-state index contributed by atoms with van der Waals surface area (Å²) in [5, 5.41) is 24.0. The monoisotopic (exact) mass is 456 g/mol. The maximum atomic E-state index is 12.7. The highest BCUT2D eigenvalue weighted by Gasteiger charge is 2.20. The van der Waals surface area contributed by atoms with E-state index in [0.717, 1.165) is 20.3 Å². The summed E-state index contributed by atoms with van der Waals surface area (Å²) in [5.74, 6) is -0.606. The van der Waals surface area contributed by atoms with Crippen LogP contribution >= 0.6 is 22.7 Å². The Morgan fingerprint density at radius 1 is 1.23 bits per heavy atom. The number of aryl methyl sites for hydroxylation is 1. The van der Waals surface area contributed by atoms with Gasteiger partial charge in [0.25, 0.3) is 11.6 Å². The van der Waals surface area contributed by atoms with Crippen molar-refractivity contribution in [2.45, 2.75) is 20.4 Å². The molecule has 0 saturated heterocycles. The molecular formula is C19H16N6O4S2. The van der Waals surface area contributed by atoms with Crippen LogP contribution in [0.2, 0.25) is 0 Å². The number of thiophene rings is 1. The van der Waals surface area contributed by atoms with Crippen molar-refractivity contribution in [2.24, 2.45) is 0 Å². The summed E-state index contributed by atoms with van der Waals surface area (Å²) in [6.07, 6.45) is 0. The second-order valence-electron chi connectivity index (χ2n) is 6.61. The topological polar surface area (TPSA) is 143 Å². The molecule has 158 valence electrons. The number of anilines is 1. The summed E-state index contributed by atoms with van der Waals surface area (Å²) in [7, 11) is 0. The van der Waals surface area contributed by atoms with Crippen molar-refractivity contribution in [1.82, 2.24) is 20.5 Å². The van der Waals surface area contributed by atoms with E-state index in [-0.39, 0.29) is 17.3 Å². The molecule has 0 aliphatic heterocycles. The first-order valence-corrected chi connectivity index (χ1v) is 10.7. The van der Waals surface area contributed by atoms with Crippen LogP contribution in [0, 0.1) is 17.0 Å². The molecule has 4 rings (SSSR count). The minimum Gasteiger partial charge on any atom is -0.351 e. The Bertz CT molecular complexity index is 1320. The van der Waals surface area contributed by atoms with Gasteiger partial charge in [0.1, 0.15) is 0 Å². The number of aromatic amines is 1. The quantitative estimate of drug-likeness (QED) is 0.297. The molecule has 0 aliphatic rings. The van der Waals surface area contributed by atoms with Gasteiger partial charge in [-0.15, -0.1) is 22.7 Å². The molecule has 0 radical (unpaired) electrons. The first-order chi connectivity index (χ1) is 14.8. The number of thiazole rings is 1. The van der Waals surface area contributed by atoms with Gasteiger partial charge < -0.3 is 5.32 Å². The smallest absolute Gasteiger partial charge is 0.278 e. The number of carbonyl (C=O) groups is 2. The Kier molecular flexibility index (Phi) is 5.48.